The fraction of sp³-hybridized carbons (Fsp3) is 0.312. The molecule has 0 saturated heterocycles. The zero-order valence-corrected chi connectivity index (χ0v) is 13.5. The molecule has 1 heterocycles. The summed E-state index contributed by atoms with van der Waals surface area (Å²) in [6.45, 7) is 0.401. The number of aromatic nitrogens is 2. The lowest BCUT2D eigenvalue weighted by atomic mass is 10.1. The van der Waals surface area contributed by atoms with Crippen LogP contribution in [0.2, 0.25) is 5.02 Å². The average molecular weight is 319 g/mol. The molecule has 1 N–H and O–H groups in total. The molecule has 0 bridgehead atoms. The van der Waals surface area contributed by atoms with Gasteiger partial charge in [-0.15, -0.1) is 0 Å². The molecule has 1 aromatic carbocycles. The number of anilines is 1. The molecule has 2 rings (SSSR count). The summed E-state index contributed by atoms with van der Waals surface area (Å²) in [6, 6.07) is 9.35. The summed E-state index contributed by atoms with van der Waals surface area (Å²) in [6.07, 6.45) is 2.78. The van der Waals surface area contributed by atoms with Crippen molar-refractivity contribution in [3.05, 3.63) is 52.8 Å². The first kappa shape index (κ1) is 16.2. The summed E-state index contributed by atoms with van der Waals surface area (Å²) >= 11 is 5.92. The summed E-state index contributed by atoms with van der Waals surface area (Å²) in [5.41, 5.74) is 1.84. The van der Waals surface area contributed by atoms with Crippen molar-refractivity contribution in [1.29, 1.82) is 0 Å². The van der Waals surface area contributed by atoms with Gasteiger partial charge in [0.15, 0.2) is 0 Å². The molecule has 0 spiro atoms. The largest absolute Gasteiger partial charge is 0.350 e. The number of rotatable bonds is 6. The van der Waals surface area contributed by atoms with Crippen molar-refractivity contribution in [2.24, 2.45) is 0 Å². The predicted octanol–water partition coefficient (Wildman–Crippen LogP) is 2.45. The molecule has 0 saturated carbocycles. The average Bonchev–Trinajstić information content (AvgIpc) is 2.51. The molecule has 1 aromatic heterocycles. The maximum absolute atomic E-state index is 11.9. The third-order valence-corrected chi connectivity index (χ3v) is 3.33. The van der Waals surface area contributed by atoms with Crippen molar-refractivity contribution in [3.63, 3.8) is 0 Å². The molecule has 0 aliphatic rings. The van der Waals surface area contributed by atoms with Crippen LogP contribution in [0.1, 0.15) is 17.7 Å². The first-order valence-electron chi connectivity index (χ1n) is 7.05. The van der Waals surface area contributed by atoms with Crippen molar-refractivity contribution >= 4 is 23.5 Å². The second-order valence-corrected chi connectivity index (χ2v) is 5.59. The van der Waals surface area contributed by atoms with Crippen LogP contribution in [-0.2, 0) is 17.8 Å². The molecule has 6 heteroatoms. The van der Waals surface area contributed by atoms with Gasteiger partial charge in [-0.2, -0.15) is 0 Å². The Bertz CT molecular complexity index is 646. The molecule has 116 valence electrons. The van der Waals surface area contributed by atoms with E-state index in [9.17, 15) is 4.79 Å². The number of amides is 1. The molecule has 0 unspecified atom stereocenters. The monoisotopic (exact) mass is 318 g/mol. The molecule has 0 fully saturated rings. The highest BCUT2D eigenvalue weighted by Crippen LogP contribution is 2.12. The van der Waals surface area contributed by atoms with Crippen molar-refractivity contribution in [2.45, 2.75) is 19.4 Å². The minimum atomic E-state index is -0.00927. The Kier molecular flexibility index (Phi) is 5.72. The minimum absolute atomic E-state index is 0.00927. The quantitative estimate of drug-likeness (QED) is 0.889. The van der Waals surface area contributed by atoms with E-state index in [4.69, 9.17) is 11.6 Å². The van der Waals surface area contributed by atoms with E-state index in [0.717, 1.165) is 11.3 Å². The molecule has 0 radical (unpaired) electrons. The minimum Gasteiger partial charge on any atom is -0.350 e. The molecule has 2 aromatic rings. The maximum atomic E-state index is 11.9. The van der Waals surface area contributed by atoms with Crippen molar-refractivity contribution in [2.75, 3.05) is 19.0 Å². The Morgan fingerprint density at radius 3 is 2.86 bits per heavy atom. The fourth-order valence-electron chi connectivity index (χ4n) is 1.93. The fourth-order valence-corrected chi connectivity index (χ4v) is 2.14. The van der Waals surface area contributed by atoms with Crippen LogP contribution in [0.5, 0.6) is 0 Å². The lowest BCUT2D eigenvalue weighted by Crippen LogP contribution is -2.24. The summed E-state index contributed by atoms with van der Waals surface area (Å²) in [4.78, 5) is 22.2. The number of nitrogens with zero attached hydrogens (tertiary/aromatic N) is 3. The Morgan fingerprint density at radius 2 is 2.14 bits per heavy atom. The van der Waals surface area contributed by atoms with Gasteiger partial charge in [0.2, 0.25) is 11.9 Å². The van der Waals surface area contributed by atoms with E-state index in [1.165, 1.54) is 0 Å². The van der Waals surface area contributed by atoms with E-state index in [-0.39, 0.29) is 5.91 Å². The standard InChI is InChI=1S/C16H19ClN4O/c1-21(2)16-18-9-8-14(20-16)11-19-15(22)7-6-12-4-3-5-13(17)10-12/h3-5,8-10H,6-7,11H2,1-2H3,(H,19,22). The Labute approximate surface area is 135 Å². The van der Waals surface area contributed by atoms with Gasteiger partial charge < -0.3 is 10.2 Å². The normalized spacial score (nSPS) is 10.3. The Balaban J connectivity index is 1.81. The second kappa shape index (κ2) is 7.75. The van der Waals surface area contributed by atoms with Gasteiger partial charge in [-0.1, -0.05) is 23.7 Å². The van der Waals surface area contributed by atoms with Crippen molar-refractivity contribution in [3.8, 4) is 0 Å². The van der Waals surface area contributed by atoms with E-state index in [2.05, 4.69) is 15.3 Å². The van der Waals surface area contributed by atoms with Crippen LogP contribution in [0.25, 0.3) is 0 Å². The highest BCUT2D eigenvalue weighted by atomic mass is 35.5. The van der Waals surface area contributed by atoms with E-state index < -0.39 is 0 Å². The van der Waals surface area contributed by atoms with Crippen LogP contribution in [0.4, 0.5) is 5.95 Å². The number of halogens is 1. The molecule has 0 aliphatic carbocycles. The molecule has 5 nitrogen and oxygen atoms in total. The van der Waals surface area contributed by atoms with E-state index in [0.29, 0.717) is 30.4 Å². The van der Waals surface area contributed by atoms with Gasteiger partial charge >= 0.3 is 0 Å². The van der Waals surface area contributed by atoms with Crippen LogP contribution in [0, 0.1) is 0 Å². The van der Waals surface area contributed by atoms with Gasteiger partial charge in [0.1, 0.15) is 0 Å². The van der Waals surface area contributed by atoms with Gasteiger partial charge in [0.25, 0.3) is 0 Å². The zero-order chi connectivity index (χ0) is 15.9. The SMILES string of the molecule is CN(C)c1nccc(CNC(=O)CCc2cccc(Cl)c2)n1. The topological polar surface area (TPSA) is 58.1 Å². The summed E-state index contributed by atoms with van der Waals surface area (Å²) in [5, 5.41) is 3.56. The Hall–Kier alpha value is -2.14. The number of hydrogen-bond acceptors (Lipinski definition) is 4. The van der Waals surface area contributed by atoms with Gasteiger partial charge in [-0.3, -0.25) is 4.79 Å². The second-order valence-electron chi connectivity index (χ2n) is 5.15. The lowest BCUT2D eigenvalue weighted by Gasteiger charge is -2.11. The maximum Gasteiger partial charge on any atom is 0.225 e. The number of hydrogen-bond donors (Lipinski definition) is 1. The first-order chi connectivity index (χ1) is 10.5. The van der Waals surface area contributed by atoms with E-state index >= 15 is 0 Å². The Morgan fingerprint density at radius 1 is 1.32 bits per heavy atom. The summed E-state index contributed by atoms with van der Waals surface area (Å²) in [5.74, 6) is 0.621. The number of carbonyl (C=O) groups is 1. The van der Waals surface area contributed by atoms with Crippen LogP contribution >= 0.6 is 11.6 Å². The first-order valence-corrected chi connectivity index (χ1v) is 7.43. The van der Waals surface area contributed by atoms with Crippen molar-refractivity contribution in [1.82, 2.24) is 15.3 Å². The molecular weight excluding hydrogens is 300 g/mol. The van der Waals surface area contributed by atoms with Gasteiger partial charge in [0.05, 0.1) is 12.2 Å². The number of nitrogens with one attached hydrogen (secondary N) is 1. The van der Waals surface area contributed by atoms with Gasteiger partial charge in [0, 0.05) is 31.7 Å². The lowest BCUT2D eigenvalue weighted by molar-refractivity contribution is -0.121. The number of aryl methyl sites for hydroxylation is 1. The van der Waals surface area contributed by atoms with E-state index in [1.807, 2.05) is 43.3 Å². The molecule has 0 atom stereocenters. The zero-order valence-electron chi connectivity index (χ0n) is 12.7. The summed E-state index contributed by atoms with van der Waals surface area (Å²) < 4.78 is 0. The van der Waals surface area contributed by atoms with Crippen LogP contribution in [0.15, 0.2) is 36.5 Å². The third kappa shape index (κ3) is 5.00. The summed E-state index contributed by atoms with van der Waals surface area (Å²) in [7, 11) is 3.76. The van der Waals surface area contributed by atoms with Crippen LogP contribution in [0.3, 0.4) is 0 Å². The highest BCUT2D eigenvalue weighted by molar-refractivity contribution is 6.30. The van der Waals surface area contributed by atoms with Crippen LogP contribution < -0.4 is 10.2 Å². The smallest absolute Gasteiger partial charge is 0.225 e. The van der Waals surface area contributed by atoms with Crippen LogP contribution in [-0.4, -0.2) is 30.0 Å². The number of carbonyl (C=O) groups excluding carboxylic acids is 1. The van der Waals surface area contributed by atoms with Crippen molar-refractivity contribution < 1.29 is 4.79 Å². The third-order valence-electron chi connectivity index (χ3n) is 3.10. The molecular formula is C16H19ClN4O. The van der Waals surface area contributed by atoms with Gasteiger partial charge in [-0.25, -0.2) is 9.97 Å². The van der Waals surface area contributed by atoms with Gasteiger partial charge in [-0.05, 0) is 30.2 Å². The molecule has 1 amide bonds. The van der Waals surface area contributed by atoms with E-state index in [1.54, 1.807) is 12.3 Å². The molecule has 22 heavy (non-hydrogen) atoms. The number of benzene rings is 1. The molecule has 0 aliphatic heterocycles. The predicted molar refractivity (Wildman–Crippen MR) is 88.0 cm³/mol. The highest BCUT2D eigenvalue weighted by Gasteiger charge is 2.05.